The zero-order valence-corrected chi connectivity index (χ0v) is 15.9. The molecule has 8 nitrogen and oxygen atoms in total. The maximum atomic E-state index is 11.5. The zero-order chi connectivity index (χ0) is 19.5. The molecule has 0 amide bonds. The van der Waals surface area contributed by atoms with Crippen molar-refractivity contribution in [1.82, 2.24) is 9.97 Å². The van der Waals surface area contributed by atoms with Crippen LogP contribution in [0.3, 0.4) is 0 Å². The summed E-state index contributed by atoms with van der Waals surface area (Å²) in [6, 6.07) is 5.95. The smallest absolute Gasteiger partial charge is 0.271 e. The average Bonchev–Trinajstić information content (AvgIpc) is 2.54. The lowest BCUT2D eigenvalue weighted by molar-refractivity contribution is 0.464. The molecular weight excluding hydrogens is 380 g/mol. The van der Waals surface area contributed by atoms with Crippen LogP contribution >= 0.6 is 0 Å². The fourth-order valence-electron chi connectivity index (χ4n) is 2.81. The van der Waals surface area contributed by atoms with Gasteiger partial charge < -0.3 is 0 Å². The van der Waals surface area contributed by atoms with E-state index < -0.39 is 30.7 Å². The fourth-order valence-corrected chi connectivity index (χ4v) is 4.63. The lowest BCUT2D eigenvalue weighted by Gasteiger charge is -2.14. The van der Waals surface area contributed by atoms with Crippen molar-refractivity contribution in [3.8, 4) is 11.4 Å². The standard InChI is InChI=1S/C16H20N2O6S2/c1-3-15(25(19,20)21)11-5-7-17-13(9-11)14-10-12(6-8-18-14)16(4-2)26(22,23)24/h5-10,15-16H,3-4H2,1-2H3,(H,19,20,21)(H,22,23,24). The van der Waals surface area contributed by atoms with Crippen LogP contribution in [-0.2, 0) is 20.2 Å². The molecule has 0 aliphatic rings. The monoisotopic (exact) mass is 400 g/mol. The Morgan fingerprint density at radius 1 is 0.808 bits per heavy atom. The minimum absolute atomic E-state index is 0.177. The summed E-state index contributed by atoms with van der Waals surface area (Å²) in [6.45, 7) is 3.27. The van der Waals surface area contributed by atoms with E-state index in [9.17, 15) is 25.9 Å². The van der Waals surface area contributed by atoms with Gasteiger partial charge in [0.15, 0.2) is 0 Å². The van der Waals surface area contributed by atoms with Crippen LogP contribution in [0.1, 0.15) is 48.3 Å². The van der Waals surface area contributed by atoms with Crippen LogP contribution in [0.5, 0.6) is 0 Å². The first-order valence-electron chi connectivity index (χ1n) is 7.92. The minimum atomic E-state index is -4.27. The predicted molar refractivity (Wildman–Crippen MR) is 96.6 cm³/mol. The molecule has 142 valence electrons. The molecule has 0 radical (unpaired) electrons. The van der Waals surface area contributed by atoms with E-state index in [-0.39, 0.29) is 12.8 Å². The van der Waals surface area contributed by atoms with Crippen LogP contribution in [0.25, 0.3) is 11.4 Å². The maximum absolute atomic E-state index is 11.5. The van der Waals surface area contributed by atoms with Crippen LogP contribution in [0.4, 0.5) is 0 Å². The summed E-state index contributed by atoms with van der Waals surface area (Å²) >= 11 is 0. The molecule has 2 rings (SSSR count). The van der Waals surface area contributed by atoms with Gasteiger partial charge in [0, 0.05) is 12.4 Å². The predicted octanol–water partition coefficient (Wildman–Crippen LogP) is 2.82. The van der Waals surface area contributed by atoms with Gasteiger partial charge in [-0.3, -0.25) is 19.1 Å². The van der Waals surface area contributed by atoms with Gasteiger partial charge in [-0.15, -0.1) is 0 Å². The molecule has 0 spiro atoms. The molecule has 2 aromatic heterocycles. The van der Waals surface area contributed by atoms with Crippen molar-refractivity contribution < 1.29 is 25.9 Å². The molecule has 0 saturated carbocycles. The minimum Gasteiger partial charge on any atom is -0.285 e. The van der Waals surface area contributed by atoms with Gasteiger partial charge in [0.25, 0.3) is 20.2 Å². The SMILES string of the molecule is CCC(c1ccnc(-c2cc(C(CC)S(=O)(=O)O)ccn2)c1)S(=O)(=O)O. The van der Waals surface area contributed by atoms with Gasteiger partial charge in [-0.05, 0) is 48.2 Å². The van der Waals surface area contributed by atoms with E-state index in [1.54, 1.807) is 13.8 Å². The van der Waals surface area contributed by atoms with E-state index in [4.69, 9.17) is 0 Å². The first-order valence-corrected chi connectivity index (χ1v) is 10.9. The number of pyridine rings is 2. The summed E-state index contributed by atoms with van der Waals surface area (Å²) in [7, 11) is -8.54. The highest BCUT2D eigenvalue weighted by molar-refractivity contribution is 7.86. The Labute approximate surface area is 152 Å². The van der Waals surface area contributed by atoms with E-state index in [1.165, 1.54) is 36.7 Å². The number of aromatic nitrogens is 2. The summed E-state index contributed by atoms with van der Waals surface area (Å²) in [5, 5.41) is -2.18. The lowest BCUT2D eigenvalue weighted by Crippen LogP contribution is -2.12. The van der Waals surface area contributed by atoms with Crippen LogP contribution in [-0.4, -0.2) is 35.9 Å². The van der Waals surface area contributed by atoms with Gasteiger partial charge in [-0.2, -0.15) is 16.8 Å². The summed E-state index contributed by atoms with van der Waals surface area (Å²) < 4.78 is 64.9. The van der Waals surface area contributed by atoms with Crippen molar-refractivity contribution in [3.63, 3.8) is 0 Å². The first kappa shape index (κ1) is 20.4. The van der Waals surface area contributed by atoms with Crippen LogP contribution in [0.15, 0.2) is 36.7 Å². The Hall–Kier alpha value is -1.88. The first-order chi connectivity index (χ1) is 12.1. The normalized spacial score (nSPS) is 14.8. The van der Waals surface area contributed by atoms with Crippen molar-refractivity contribution in [2.75, 3.05) is 0 Å². The third-order valence-electron chi connectivity index (χ3n) is 4.03. The maximum Gasteiger partial charge on any atom is 0.271 e. The van der Waals surface area contributed by atoms with Gasteiger partial charge >= 0.3 is 0 Å². The highest BCUT2D eigenvalue weighted by Gasteiger charge is 2.25. The third kappa shape index (κ3) is 4.64. The second-order valence-corrected chi connectivity index (χ2v) is 8.97. The van der Waals surface area contributed by atoms with Crippen molar-refractivity contribution in [1.29, 1.82) is 0 Å². The molecule has 2 aromatic rings. The van der Waals surface area contributed by atoms with Gasteiger partial charge in [-0.25, -0.2) is 0 Å². The molecule has 2 heterocycles. The van der Waals surface area contributed by atoms with E-state index in [1.807, 2.05) is 0 Å². The molecule has 0 aromatic carbocycles. The Kier molecular flexibility index (Phi) is 6.12. The molecule has 0 aliphatic carbocycles. The largest absolute Gasteiger partial charge is 0.285 e. The summed E-state index contributed by atoms with van der Waals surface area (Å²) in [4.78, 5) is 8.29. The number of hydrogen-bond donors (Lipinski definition) is 2. The van der Waals surface area contributed by atoms with Crippen molar-refractivity contribution in [3.05, 3.63) is 47.8 Å². The van der Waals surface area contributed by atoms with E-state index in [2.05, 4.69) is 9.97 Å². The lowest BCUT2D eigenvalue weighted by atomic mass is 10.1. The topological polar surface area (TPSA) is 135 Å². The molecule has 2 unspecified atom stereocenters. The molecule has 0 bridgehead atoms. The van der Waals surface area contributed by atoms with E-state index in [0.29, 0.717) is 22.5 Å². The molecule has 2 N–H and O–H groups in total. The van der Waals surface area contributed by atoms with Crippen LogP contribution < -0.4 is 0 Å². The average molecular weight is 400 g/mol. The molecule has 0 saturated heterocycles. The Balaban J connectivity index is 2.51. The van der Waals surface area contributed by atoms with E-state index >= 15 is 0 Å². The zero-order valence-electron chi connectivity index (χ0n) is 14.3. The Morgan fingerprint density at radius 3 is 1.42 bits per heavy atom. The highest BCUT2D eigenvalue weighted by Crippen LogP contribution is 2.30. The molecule has 0 aliphatic heterocycles. The van der Waals surface area contributed by atoms with Gasteiger partial charge in [-0.1, -0.05) is 13.8 Å². The van der Waals surface area contributed by atoms with Crippen molar-refractivity contribution >= 4 is 20.2 Å². The number of rotatable bonds is 7. The van der Waals surface area contributed by atoms with Crippen molar-refractivity contribution in [2.45, 2.75) is 37.2 Å². The molecule has 0 fully saturated rings. The summed E-state index contributed by atoms with van der Waals surface area (Å²) in [5.74, 6) is 0. The van der Waals surface area contributed by atoms with Gasteiger partial charge in [0.1, 0.15) is 10.5 Å². The van der Waals surface area contributed by atoms with Gasteiger partial charge in [0.05, 0.1) is 11.4 Å². The fraction of sp³-hybridized carbons (Fsp3) is 0.375. The second kappa shape index (κ2) is 7.78. The Morgan fingerprint density at radius 2 is 1.15 bits per heavy atom. The number of hydrogen-bond acceptors (Lipinski definition) is 6. The quantitative estimate of drug-likeness (QED) is 0.677. The highest BCUT2D eigenvalue weighted by atomic mass is 32.2. The molecule has 26 heavy (non-hydrogen) atoms. The molecule has 10 heteroatoms. The summed E-state index contributed by atoms with van der Waals surface area (Å²) in [6.07, 6.45) is 3.15. The second-order valence-electron chi connectivity index (χ2n) is 5.77. The Bertz CT molecular complexity index is 908. The number of nitrogens with zero attached hydrogens (tertiary/aromatic N) is 2. The van der Waals surface area contributed by atoms with Gasteiger partial charge in [0.2, 0.25) is 0 Å². The summed E-state index contributed by atoms with van der Waals surface area (Å²) in [5.41, 5.74) is 1.37. The van der Waals surface area contributed by atoms with Crippen molar-refractivity contribution in [2.24, 2.45) is 0 Å². The molecular formula is C16H20N2O6S2. The van der Waals surface area contributed by atoms with Crippen LogP contribution in [0, 0.1) is 0 Å². The van der Waals surface area contributed by atoms with Crippen LogP contribution in [0.2, 0.25) is 0 Å². The molecule has 2 atom stereocenters. The van der Waals surface area contributed by atoms with E-state index in [0.717, 1.165) is 0 Å². The third-order valence-corrected chi connectivity index (χ3v) is 6.68.